The fraction of sp³-hybridized carbons (Fsp3) is 0.643. The van der Waals surface area contributed by atoms with Gasteiger partial charge in [-0.15, -0.1) is 0 Å². The van der Waals surface area contributed by atoms with E-state index < -0.39 is 35.5 Å². The summed E-state index contributed by atoms with van der Waals surface area (Å²) in [6, 6.07) is 4.61. The summed E-state index contributed by atoms with van der Waals surface area (Å²) in [5.41, 5.74) is 1.95. The average Bonchev–Trinajstić information content (AvgIpc) is 2.83. The van der Waals surface area contributed by atoms with Crippen molar-refractivity contribution in [2.75, 3.05) is 26.7 Å². The molecule has 1 aromatic carbocycles. The summed E-state index contributed by atoms with van der Waals surface area (Å²) >= 11 is 0. The van der Waals surface area contributed by atoms with Crippen molar-refractivity contribution in [3.63, 3.8) is 0 Å². The van der Waals surface area contributed by atoms with E-state index in [4.69, 9.17) is 4.74 Å². The Labute approximate surface area is 221 Å². The number of esters is 1. The fourth-order valence-corrected chi connectivity index (χ4v) is 3.76. The van der Waals surface area contributed by atoms with E-state index in [0.717, 1.165) is 43.2 Å². The number of alkyl carbamates (subject to hydrolysis) is 1. The van der Waals surface area contributed by atoms with E-state index in [-0.39, 0.29) is 13.1 Å². The molecule has 0 aliphatic carbocycles. The Kier molecular flexibility index (Phi) is 13.7. The number of carbonyl (C=O) groups excluding carboxylic acids is 4. The monoisotopic (exact) mass is 519 g/mol. The number of methoxy groups -OCH3 is 1. The van der Waals surface area contributed by atoms with Crippen LogP contribution in [0.2, 0.25) is 0 Å². The maximum Gasteiger partial charge on any atom is 0.408 e. The van der Waals surface area contributed by atoms with E-state index in [2.05, 4.69) is 22.3 Å². The van der Waals surface area contributed by atoms with Gasteiger partial charge in [-0.2, -0.15) is 0 Å². The highest BCUT2D eigenvalue weighted by Gasteiger charge is 2.32. The maximum atomic E-state index is 13.4. The van der Waals surface area contributed by atoms with E-state index in [1.165, 1.54) is 12.0 Å². The summed E-state index contributed by atoms with van der Waals surface area (Å²) in [7, 11) is 1.24. The third-order valence-electron chi connectivity index (χ3n) is 5.90. The van der Waals surface area contributed by atoms with Gasteiger partial charge >= 0.3 is 12.1 Å². The highest BCUT2D eigenvalue weighted by molar-refractivity contribution is 5.91. The van der Waals surface area contributed by atoms with Crippen LogP contribution in [0.3, 0.4) is 0 Å². The first-order valence-corrected chi connectivity index (χ1v) is 13.1. The topological polar surface area (TPSA) is 114 Å². The third-order valence-corrected chi connectivity index (χ3v) is 5.90. The first-order chi connectivity index (χ1) is 17.4. The molecule has 208 valence electrons. The van der Waals surface area contributed by atoms with Crippen LogP contribution >= 0.6 is 0 Å². The molecule has 2 N–H and O–H groups in total. The number of unbranched alkanes of at least 4 members (excludes halogenated alkanes) is 5. The smallest absolute Gasteiger partial charge is 0.408 e. The minimum atomic E-state index is -0.979. The zero-order valence-corrected chi connectivity index (χ0v) is 23.6. The van der Waals surface area contributed by atoms with E-state index >= 15 is 0 Å². The Morgan fingerprint density at radius 3 is 2.16 bits per heavy atom. The summed E-state index contributed by atoms with van der Waals surface area (Å²) in [5, 5.41) is 5.10. The first kappa shape index (κ1) is 31.9. The highest BCUT2D eigenvalue weighted by Crippen LogP contribution is 2.25. The molecule has 0 aliphatic heterocycles. The van der Waals surface area contributed by atoms with Gasteiger partial charge in [-0.3, -0.25) is 14.4 Å². The van der Waals surface area contributed by atoms with Crippen LogP contribution in [0.15, 0.2) is 18.2 Å². The standard InChI is InChI=1S/C28H45N3O6/c1-8-9-10-11-12-13-16-31(23(32)18-30-27(35)37-28(4,5)6)25(26(34)29-19-24(33)36-7)22-15-14-20(2)21(3)17-22/h14-15,17,25H,8-13,16,18-19H2,1-7H3,(H,29,34)(H,30,35). The van der Waals surface area contributed by atoms with Gasteiger partial charge in [-0.05, 0) is 57.7 Å². The molecule has 3 amide bonds. The number of hydrogen-bond donors (Lipinski definition) is 2. The first-order valence-electron chi connectivity index (χ1n) is 13.1. The lowest BCUT2D eigenvalue weighted by Crippen LogP contribution is -2.48. The van der Waals surface area contributed by atoms with Crippen LogP contribution in [0, 0.1) is 13.8 Å². The van der Waals surface area contributed by atoms with Gasteiger partial charge in [0.05, 0.1) is 7.11 Å². The van der Waals surface area contributed by atoms with Crippen molar-refractivity contribution in [1.29, 1.82) is 0 Å². The highest BCUT2D eigenvalue weighted by atomic mass is 16.6. The fourth-order valence-electron chi connectivity index (χ4n) is 3.76. The Morgan fingerprint density at radius 1 is 0.919 bits per heavy atom. The predicted molar refractivity (Wildman–Crippen MR) is 143 cm³/mol. The van der Waals surface area contributed by atoms with Crippen LogP contribution < -0.4 is 10.6 Å². The normalized spacial score (nSPS) is 11.9. The number of aryl methyl sites for hydroxylation is 2. The number of ether oxygens (including phenoxy) is 2. The number of nitrogens with zero attached hydrogens (tertiary/aromatic N) is 1. The molecule has 37 heavy (non-hydrogen) atoms. The minimum absolute atomic E-state index is 0.314. The largest absolute Gasteiger partial charge is 0.468 e. The summed E-state index contributed by atoms with van der Waals surface area (Å²) in [5.74, 6) is -1.51. The van der Waals surface area contributed by atoms with Gasteiger partial charge in [0, 0.05) is 6.54 Å². The second-order valence-electron chi connectivity index (χ2n) is 10.3. The molecule has 0 spiro atoms. The number of nitrogens with one attached hydrogen (secondary N) is 2. The van der Waals surface area contributed by atoms with Gasteiger partial charge in [0.15, 0.2) is 0 Å². The number of hydrogen-bond acceptors (Lipinski definition) is 6. The van der Waals surface area contributed by atoms with Gasteiger partial charge < -0.3 is 25.0 Å². The molecule has 0 saturated heterocycles. The van der Waals surface area contributed by atoms with Crippen molar-refractivity contribution >= 4 is 23.9 Å². The number of benzene rings is 1. The van der Waals surface area contributed by atoms with Crippen molar-refractivity contribution in [2.45, 2.75) is 91.7 Å². The van der Waals surface area contributed by atoms with E-state index in [1.54, 1.807) is 20.8 Å². The molecule has 1 unspecified atom stereocenters. The molecule has 9 nitrogen and oxygen atoms in total. The second kappa shape index (κ2) is 15.9. The Morgan fingerprint density at radius 2 is 1.57 bits per heavy atom. The lowest BCUT2D eigenvalue weighted by molar-refractivity contribution is -0.143. The molecular formula is C28H45N3O6. The third kappa shape index (κ3) is 12.1. The molecule has 0 aliphatic rings. The van der Waals surface area contributed by atoms with Gasteiger partial charge in [-0.25, -0.2) is 4.79 Å². The lowest BCUT2D eigenvalue weighted by Gasteiger charge is -2.32. The SMILES string of the molecule is CCCCCCCCN(C(=O)CNC(=O)OC(C)(C)C)C(C(=O)NCC(=O)OC)c1ccc(C)c(C)c1. The van der Waals surface area contributed by atoms with Crippen molar-refractivity contribution in [3.8, 4) is 0 Å². The molecular weight excluding hydrogens is 474 g/mol. The van der Waals surface area contributed by atoms with Crippen LogP contribution in [-0.4, -0.2) is 61.1 Å². The van der Waals surface area contributed by atoms with E-state index in [1.807, 2.05) is 32.0 Å². The molecule has 0 fully saturated rings. The maximum absolute atomic E-state index is 13.4. The van der Waals surface area contributed by atoms with Gasteiger partial charge in [-0.1, -0.05) is 57.2 Å². The van der Waals surface area contributed by atoms with Crippen LogP contribution in [-0.2, 0) is 23.9 Å². The Hall–Kier alpha value is -3.10. The van der Waals surface area contributed by atoms with Crippen LogP contribution in [0.1, 0.15) is 89.0 Å². The average molecular weight is 520 g/mol. The zero-order chi connectivity index (χ0) is 28.0. The van der Waals surface area contributed by atoms with Crippen molar-refractivity contribution < 1.29 is 28.7 Å². The summed E-state index contributed by atoms with van der Waals surface area (Å²) in [6.45, 7) is 11.0. The summed E-state index contributed by atoms with van der Waals surface area (Å²) in [4.78, 5) is 52.2. The molecule has 0 heterocycles. The molecule has 0 saturated carbocycles. The van der Waals surface area contributed by atoms with Gasteiger partial charge in [0.1, 0.15) is 24.7 Å². The Balaban J connectivity index is 3.22. The Bertz CT molecular complexity index is 910. The zero-order valence-electron chi connectivity index (χ0n) is 23.6. The van der Waals surface area contributed by atoms with Gasteiger partial charge in [0.2, 0.25) is 11.8 Å². The van der Waals surface area contributed by atoms with Crippen molar-refractivity contribution in [1.82, 2.24) is 15.5 Å². The molecule has 0 bridgehead atoms. The second-order valence-corrected chi connectivity index (χ2v) is 10.3. The van der Waals surface area contributed by atoms with Crippen molar-refractivity contribution in [2.24, 2.45) is 0 Å². The molecule has 0 aromatic heterocycles. The molecule has 9 heteroatoms. The van der Waals surface area contributed by atoms with E-state index in [0.29, 0.717) is 18.5 Å². The molecule has 1 rings (SSSR count). The predicted octanol–water partition coefficient (Wildman–Crippen LogP) is 4.35. The quantitative estimate of drug-likeness (QED) is 0.279. The number of amides is 3. The van der Waals surface area contributed by atoms with Crippen LogP contribution in [0.5, 0.6) is 0 Å². The number of rotatable bonds is 14. The van der Waals surface area contributed by atoms with Crippen molar-refractivity contribution in [3.05, 3.63) is 34.9 Å². The molecule has 1 atom stereocenters. The lowest BCUT2D eigenvalue weighted by atomic mass is 9.98. The van der Waals surface area contributed by atoms with Crippen LogP contribution in [0.25, 0.3) is 0 Å². The van der Waals surface area contributed by atoms with E-state index in [9.17, 15) is 19.2 Å². The summed E-state index contributed by atoms with van der Waals surface area (Å²) < 4.78 is 9.90. The van der Waals surface area contributed by atoms with Crippen LogP contribution in [0.4, 0.5) is 4.79 Å². The summed E-state index contributed by atoms with van der Waals surface area (Å²) in [6.07, 6.45) is 5.35. The van der Waals surface area contributed by atoms with Gasteiger partial charge in [0.25, 0.3) is 0 Å². The minimum Gasteiger partial charge on any atom is -0.468 e. The molecule has 1 aromatic rings. The molecule has 0 radical (unpaired) electrons. The number of carbonyl (C=O) groups is 4.